The highest BCUT2D eigenvalue weighted by Gasteiger charge is 2.32. The second-order valence-corrected chi connectivity index (χ2v) is 6.88. The second kappa shape index (κ2) is 8.73. The average Bonchev–Trinajstić information content (AvgIpc) is 3.38. The van der Waals surface area contributed by atoms with Gasteiger partial charge in [0.05, 0.1) is 12.8 Å². The number of hydrogen-bond donors (Lipinski definition) is 2. The van der Waals surface area contributed by atoms with Gasteiger partial charge in [-0.2, -0.15) is 5.10 Å². The van der Waals surface area contributed by atoms with Crippen LogP contribution in [0.1, 0.15) is 16.9 Å². The van der Waals surface area contributed by atoms with Gasteiger partial charge in [-0.05, 0) is 24.6 Å². The van der Waals surface area contributed by atoms with Gasteiger partial charge in [-0.25, -0.2) is 0 Å². The first kappa shape index (κ1) is 19.7. The van der Waals surface area contributed by atoms with Crippen molar-refractivity contribution in [2.45, 2.75) is 12.5 Å². The first-order chi connectivity index (χ1) is 12.7. The van der Waals surface area contributed by atoms with Crippen LogP contribution in [0.5, 0.6) is 5.75 Å². The molecule has 2 aliphatic heterocycles. The largest absolute Gasteiger partial charge is 0.497 e. The number of amides is 1. The van der Waals surface area contributed by atoms with Crippen LogP contribution in [0.25, 0.3) is 11.3 Å². The van der Waals surface area contributed by atoms with Crippen molar-refractivity contribution in [2.75, 3.05) is 46.4 Å². The molecular weight excluding hydrogens is 366 g/mol. The van der Waals surface area contributed by atoms with E-state index in [1.807, 2.05) is 35.2 Å². The summed E-state index contributed by atoms with van der Waals surface area (Å²) in [6.07, 6.45) is 1.04. The molecule has 2 saturated heterocycles. The number of nitrogens with one attached hydrogen (secondary N) is 2. The Labute approximate surface area is 165 Å². The first-order valence-electron chi connectivity index (χ1n) is 9.18. The summed E-state index contributed by atoms with van der Waals surface area (Å²) in [5.41, 5.74) is 2.23. The number of benzene rings is 1. The molecule has 3 heterocycles. The number of aromatic amines is 1. The lowest BCUT2D eigenvalue weighted by Crippen LogP contribution is -2.49. The molecule has 0 saturated carbocycles. The molecule has 4 rings (SSSR count). The lowest BCUT2D eigenvalue weighted by atomic mass is 10.1. The Hall–Kier alpha value is -2.09. The molecular formula is C19H26ClN5O2. The van der Waals surface area contributed by atoms with Crippen molar-refractivity contribution in [3.63, 3.8) is 0 Å². The Balaban J connectivity index is 0.00000210. The lowest BCUT2D eigenvalue weighted by Gasteiger charge is -2.32. The van der Waals surface area contributed by atoms with E-state index in [2.05, 4.69) is 20.4 Å². The Bertz CT molecular complexity index is 775. The summed E-state index contributed by atoms with van der Waals surface area (Å²) in [5.74, 6) is 0.807. The fourth-order valence-electron chi connectivity index (χ4n) is 3.80. The van der Waals surface area contributed by atoms with E-state index in [4.69, 9.17) is 4.74 Å². The van der Waals surface area contributed by atoms with Gasteiger partial charge in [0.25, 0.3) is 5.91 Å². The predicted octanol–water partition coefficient (Wildman–Crippen LogP) is 1.63. The van der Waals surface area contributed by atoms with Crippen molar-refractivity contribution in [2.24, 2.45) is 0 Å². The smallest absolute Gasteiger partial charge is 0.271 e. The van der Waals surface area contributed by atoms with Crippen molar-refractivity contribution >= 4 is 18.3 Å². The molecule has 2 aliphatic rings. The number of carbonyl (C=O) groups excluding carboxylic acids is 1. The molecule has 2 N–H and O–H groups in total. The maximum absolute atomic E-state index is 12.8. The van der Waals surface area contributed by atoms with E-state index in [1.165, 1.54) is 0 Å². The van der Waals surface area contributed by atoms with Crippen LogP contribution in [0.3, 0.4) is 0 Å². The minimum absolute atomic E-state index is 0. The molecule has 0 spiro atoms. The molecule has 1 amide bonds. The molecule has 27 heavy (non-hydrogen) atoms. The van der Waals surface area contributed by atoms with Gasteiger partial charge in [0.2, 0.25) is 0 Å². The molecule has 2 fully saturated rings. The van der Waals surface area contributed by atoms with E-state index in [9.17, 15) is 4.79 Å². The van der Waals surface area contributed by atoms with Crippen molar-refractivity contribution in [3.8, 4) is 17.0 Å². The van der Waals surface area contributed by atoms with Gasteiger partial charge in [-0.3, -0.25) is 14.8 Å². The average molecular weight is 392 g/mol. The molecule has 1 atom stereocenters. The Morgan fingerprint density at radius 3 is 2.81 bits per heavy atom. The second-order valence-electron chi connectivity index (χ2n) is 6.88. The monoisotopic (exact) mass is 391 g/mol. The lowest BCUT2D eigenvalue weighted by molar-refractivity contribution is 0.0767. The Morgan fingerprint density at radius 2 is 2.04 bits per heavy atom. The van der Waals surface area contributed by atoms with E-state index >= 15 is 0 Å². The molecule has 1 unspecified atom stereocenters. The molecule has 8 heteroatoms. The third-order valence-electron chi connectivity index (χ3n) is 5.29. The van der Waals surface area contributed by atoms with Crippen LogP contribution in [-0.2, 0) is 0 Å². The quantitative estimate of drug-likeness (QED) is 0.828. The number of nitrogens with zero attached hydrogens (tertiary/aromatic N) is 3. The number of halogens is 1. The van der Waals surface area contributed by atoms with Crippen LogP contribution in [-0.4, -0.2) is 78.3 Å². The van der Waals surface area contributed by atoms with Gasteiger partial charge in [-0.1, -0.05) is 12.1 Å². The highest BCUT2D eigenvalue weighted by Crippen LogP contribution is 2.24. The van der Waals surface area contributed by atoms with E-state index in [1.54, 1.807) is 7.11 Å². The Kier molecular flexibility index (Phi) is 6.36. The molecule has 0 bridgehead atoms. The van der Waals surface area contributed by atoms with Gasteiger partial charge in [0.1, 0.15) is 11.4 Å². The van der Waals surface area contributed by atoms with Gasteiger partial charge < -0.3 is 15.0 Å². The topological polar surface area (TPSA) is 73.5 Å². The molecule has 0 aliphatic carbocycles. The predicted molar refractivity (Wildman–Crippen MR) is 107 cm³/mol. The van der Waals surface area contributed by atoms with E-state index in [-0.39, 0.29) is 18.3 Å². The number of ether oxygens (including phenoxy) is 1. The van der Waals surface area contributed by atoms with Gasteiger partial charge >= 0.3 is 0 Å². The minimum Gasteiger partial charge on any atom is -0.497 e. The van der Waals surface area contributed by atoms with Gasteiger partial charge in [0.15, 0.2) is 0 Å². The molecule has 1 aromatic carbocycles. The molecule has 1 aromatic heterocycles. The highest BCUT2D eigenvalue weighted by atomic mass is 35.5. The Morgan fingerprint density at radius 1 is 1.22 bits per heavy atom. The van der Waals surface area contributed by atoms with Gasteiger partial charge in [-0.15, -0.1) is 12.4 Å². The van der Waals surface area contributed by atoms with Gasteiger partial charge in [0, 0.05) is 50.9 Å². The number of aromatic nitrogens is 2. The van der Waals surface area contributed by atoms with E-state index < -0.39 is 0 Å². The summed E-state index contributed by atoms with van der Waals surface area (Å²) in [6.45, 7) is 5.81. The van der Waals surface area contributed by atoms with Crippen LogP contribution in [0, 0.1) is 0 Å². The number of piperazine rings is 1. The summed E-state index contributed by atoms with van der Waals surface area (Å²) < 4.78 is 5.26. The van der Waals surface area contributed by atoms with Crippen LogP contribution in [0.15, 0.2) is 30.3 Å². The van der Waals surface area contributed by atoms with Crippen LogP contribution >= 0.6 is 12.4 Å². The van der Waals surface area contributed by atoms with Crippen LogP contribution in [0.2, 0.25) is 0 Å². The zero-order chi connectivity index (χ0) is 17.9. The summed E-state index contributed by atoms with van der Waals surface area (Å²) >= 11 is 0. The number of likely N-dealkylation sites (tertiary alicyclic amines) is 1. The molecule has 0 radical (unpaired) electrons. The maximum atomic E-state index is 12.8. The number of carbonyl (C=O) groups is 1. The molecule has 7 nitrogen and oxygen atoms in total. The van der Waals surface area contributed by atoms with Crippen LogP contribution in [0.4, 0.5) is 0 Å². The standard InChI is InChI=1S/C19H25N5O2.ClH/c1-26-16-4-2-3-14(11-16)17-12-18(22-21-17)19(25)24-8-5-15(13-24)23-9-6-20-7-10-23;/h2-4,11-12,15,20H,5-10,13H2,1H3,(H,21,22);1H. The van der Waals surface area contributed by atoms with Crippen molar-refractivity contribution in [1.29, 1.82) is 0 Å². The zero-order valence-corrected chi connectivity index (χ0v) is 16.3. The van der Waals surface area contributed by atoms with Crippen molar-refractivity contribution in [1.82, 2.24) is 25.3 Å². The molecule has 146 valence electrons. The number of methoxy groups -OCH3 is 1. The fraction of sp³-hybridized carbons (Fsp3) is 0.474. The van der Waals surface area contributed by atoms with Crippen molar-refractivity contribution < 1.29 is 9.53 Å². The summed E-state index contributed by atoms with van der Waals surface area (Å²) in [5, 5.41) is 10.6. The minimum atomic E-state index is 0. The summed E-state index contributed by atoms with van der Waals surface area (Å²) in [7, 11) is 1.64. The van der Waals surface area contributed by atoms with Crippen molar-refractivity contribution in [3.05, 3.63) is 36.0 Å². The maximum Gasteiger partial charge on any atom is 0.271 e. The van der Waals surface area contributed by atoms with E-state index in [0.29, 0.717) is 11.7 Å². The highest BCUT2D eigenvalue weighted by molar-refractivity contribution is 5.93. The SMILES string of the molecule is COc1cccc(-c2cc(C(=O)N3CCC(N4CCNCC4)C3)[nH]n2)c1.Cl. The number of hydrogen-bond acceptors (Lipinski definition) is 5. The first-order valence-corrected chi connectivity index (χ1v) is 9.18. The number of rotatable bonds is 4. The third-order valence-corrected chi connectivity index (χ3v) is 5.29. The summed E-state index contributed by atoms with van der Waals surface area (Å²) in [6, 6.07) is 9.99. The van der Waals surface area contributed by atoms with Crippen LogP contribution < -0.4 is 10.1 Å². The number of H-pyrrole nitrogens is 1. The molecule has 2 aromatic rings. The zero-order valence-electron chi connectivity index (χ0n) is 15.5. The van der Waals surface area contributed by atoms with E-state index in [0.717, 1.165) is 62.7 Å². The normalized spacial score (nSPS) is 20.3. The third kappa shape index (κ3) is 4.26. The summed E-state index contributed by atoms with van der Waals surface area (Å²) in [4.78, 5) is 17.3. The fourth-order valence-corrected chi connectivity index (χ4v) is 3.80.